The van der Waals surface area contributed by atoms with Crippen LogP contribution in [0.3, 0.4) is 0 Å². The second kappa shape index (κ2) is 14.7. The van der Waals surface area contributed by atoms with E-state index < -0.39 is 0 Å². The van der Waals surface area contributed by atoms with Crippen molar-refractivity contribution in [2.45, 2.75) is 25.8 Å². The maximum atomic E-state index is 5.99. The minimum atomic E-state index is 0.220. The number of rotatable bonds is 13. The van der Waals surface area contributed by atoms with Crippen LogP contribution in [0.25, 0.3) is 0 Å². The van der Waals surface area contributed by atoms with Crippen molar-refractivity contribution in [3.8, 4) is 0 Å². The van der Waals surface area contributed by atoms with Gasteiger partial charge in [-0.05, 0) is 38.2 Å². The second-order valence-corrected chi connectivity index (χ2v) is 6.93. The molecule has 0 saturated heterocycles. The molecule has 27 heavy (non-hydrogen) atoms. The van der Waals surface area contributed by atoms with Gasteiger partial charge in [0.15, 0.2) is 5.96 Å². The number of hydrogen-bond acceptors (Lipinski definition) is 4. The smallest absolute Gasteiger partial charge is 0.191 e. The van der Waals surface area contributed by atoms with Crippen molar-refractivity contribution >= 4 is 17.6 Å². The standard InChI is InChI=1S/C20H35ClN4O2/c1-5-6-12-26-14-15-27-13-11-23-20(22-2)24-16-19(25(3)4)17-7-9-18(21)10-8-17/h7-10,19H,5-6,11-16H2,1-4H3,(H2,22,23,24). The molecule has 6 nitrogen and oxygen atoms in total. The molecule has 0 aliphatic carbocycles. The van der Waals surface area contributed by atoms with E-state index in [4.69, 9.17) is 21.1 Å². The number of halogens is 1. The Morgan fingerprint density at radius 1 is 1.07 bits per heavy atom. The highest BCUT2D eigenvalue weighted by atomic mass is 35.5. The maximum Gasteiger partial charge on any atom is 0.191 e. The highest BCUT2D eigenvalue weighted by molar-refractivity contribution is 6.30. The van der Waals surface area contributed by atoms with Gasteiger partial charge in [0.1, 0.15) is 0 Å². The number of unbranched alkanes of at least 4 members (excludes halogenated alkanes) is 1. The number of aliphatic imine (C=N–C) groups is 1. The summed E-state index contributed by atoms with van der Waals surface area (Å²) < 4.78 is 11.0. The van der Waals surface area contributed by atoms with Gasteiger partial charge in [0.05, 0.1) is 25.9 Å². The summed E-state index contributed by atoms with van der Waals surface area (Å²) in [5.41, 5.74) is 1.21. The lowest BCUT2D eigenvalue weighted by Crippen LogP contribution is -2.42. The van der Waals surface area contributed by atoms with Crippen LogP contribution in [0, 0.1) is 0 Å². The predicted molar refractivity (Wildman–Crippen MR) is 114 cm³/mol. The first kappa shape index (κ1) is 23.7. The SMILES string of the molecule is CCCCOCCOCCNC(=NC)NCC(c1ccc(Cl)cc1)N(C)C. The number of nitrogens with one attached hydrogen (secondary N) is 2. The molecule has 0 aromatic heterocycles. The van der Waals surface area contributed by atoms with E-state index in [0.29, 0.717) is 26.4 Å². The first-order chi connectivity index (χ1) is 13.1. The van der Waals surface area contributed by atoms with Crippen molar-refractivity contribution in [3.05, 3.63) is 34.9 Å². The van der Waals surface area contributed by atoms with E-state index in [1.54, 1.807) is 7.05 Å². The van der Waals surface area contributed by atoms with Gasteiger partial charge < -0.3 is 25.0 Å². The molecule has 1 rings (SSSR count). The summed E-state index contributed by atoms with van der Waals surface area (Å²) in [5, 5.41) is 7.39. The zero-order chi connectivity index (χ0) is 19.9. The average molecular weight is 399 g/mol. The molecule has 1 aromatic carbocycles. The van der Waals surface area contributed by atoms with Gasteiger partial charge in [0, 0.05) is 31.8 Å². The third-order valence-corrected chi connectivity index (χ3v) is 4.37. The fourth-order valence-electron chi connectivity index (χ4n) is 2.51. The lowest BCUT2D eigenvalue weighted by Gasteiger charge is -2.26. The number of hydrogen-bond donors (Lipinski definition) is 2. The van der Waals surface area contributed by atoms with Crippen molar-refractivity contribution in [1.29, 1.82) is 0 Å². The molecule has 0 spiro atoms. The summed E-state index contributed by atoms with van der Waals surface area (Å²) in [7, 11) is 5.89. The molecule has 0 saturated carbocycles. The Hall–Kier alpha value is -1.34. The quantitative estimate of drug-likeness (QED) is 0.304. The summed E-state index contributed by atoms with van der Waals surface area (Å²) >= 11 is 5.99. The molecule has 1 atom stereocenters. The van der Waals surface area contributed by atoms with E-state index in [2.05, 4.69) is 53.7 Å². The van der Waals surface area contributed by atoms with E-state index in [-0.39, 0.29) is 6.04 Å². The molecule has 7 heteroatoms. The Balaban J connectivity index is 2.27. The van der Waals surface area contributed by atoms with Gasteiger partial charge >= 0.3 is 0 Å². The van der Waals surface area contributed by atoms with Crippen LogP contribution in [0.1, 0.15) is 31.4 Å². The predicted octanol–water partition coefficient (Wildman–Crippen LogP) is 2.94. The summed E-state index contributed by atoms with van der Waals surface area (Å²) in [6, 6.07) is 8.17. The summed E-state index contributed by atoms with van der Waals surface area (Å²) in [4.78, 5) is 6.44. The number of benzene rings is 1. The van der Waals surface area contributed by atoms with Crippen molar-refractivity contribution < 1.29 is 9.47 Å². The number of guanidine groups is 1. The molecule has 0 amide bonds. The fraction of sp³-hybridized carbons (Fsp3) is 0.650. The molecule has 0 bridgehead atoms. The molecular weight excluding hydrogens is 364 g/mol. The molecule has 1 unspecified atom stereocenters. The zero-order valence-electron chi connectivity index (χ0n) is 17.1. The first-order valence-corrected chi connectivity index (χ1v) is 9.98. The average Bonchev–Trinajstić information content (AvgIpc) is 2.66. The zero-order valence-corrected chi connectivity index (χ0v) is 17.9. The van der Waals surface area contributed by atoms with Gasteiger partial charge in [-0.1, -0.05) is 37.1 Å². The molecule has 0 radical (unpaired) electrons. The van der Waals surface area contributed by atoms with E-state index in [9.17, 15) is 0 Å². The van der Waals surface area contributed by atoms with Crippen LogP contribution in [0.4, 0.5) is 0 Å². The molecular formula is C20H35ClN4O2. The Morgan fingerprint density at radius 3 is 2.33 bits per heavy atom. The number of nitrogens with zero attached hydrogens (tertiary/aromatic N) is 2. The highest BCUT2D eigenvalue weighted by Crippen LogP contribution is 2.19. The maximum absolute atomic E-state index is 5.99. The van der Waals surface area contributed by atoms with Gasteiger partial charge in [0.25, 0.3) is 0 Å². The fourth-order valence-corrected chi connectivity index (χ4v) is 2.63. The third kappa shape index (κ3) is 10.5. The van der Waals surface area contributed by atoms with Crippen molar-refractivity contribution in [3.63, 3.8) is 0 Å². The summed E-state index contributed by atoms with van der Waals surface area (Å²) in [6.45, 7) is 6.29. The molecule has 0 heterocycles. The van der Waals surface area contributed by atoms with Crippen molar-refractivity contribution in [1.82, 2.24) is 15.5 Å². The minimum absolute atomic E-state index is 0.220. The van der Waals surface area contributed by atoms with E-state index in [1.165, 1.54) is 5.56 Å². The molecule has 0 aliphatic heterocycles. The Kier molecular flexibility index (Phi) is 12.9. The van der Waals surface area contributed by atoms with Gasteiger partial charge in [-0.3, -0.25) is 4.99 Å². The lowest BCUT2D eigenvalue weighted by atomic mass is 10.1. The van der Waals surface area contributed by atoms with Gasteiger partial charge in [0.2, 0.25) is 0 Å². The minimum Gasteiger partial charge on any atom is -0.379 e. The number of ether oxygens (including phenoxy) is 2. The monoisotopic (exact) mass is 398 g/mol. The molecule has 0 fully saturated rings. The van der Waals surface area contributed by atoms with Gasteiger partial charge in [-0.15, -0.1) is 0 Å². The summed E-state index contributed by atoms with van der Waals surface area (Å²) in [6.07, 6.45) is 2.26. The van der Waals surface area contributed by atoms with Crippen LogP contribution < -0.4 is 10.6 Å². The van der Waals surface area contributed by atoms with E-state index in [0.717, 1.165) is 37.0 Å². The Labute approximate surface area is 169 Å². The third-order valence-electron chi connectivity index (χ3n) is 4.12. The van der Waals surface area contributed by atoms with Crippen LogP contribution in [-0.4, -0.2) is 71.5 Å². The first-order valence-electron chi connectivity index (χ1n) is 9.60. The number of likely N-dealkylation sites (N-methyl/N-ethyl adjacent to an activating group) is 1. The van der Waals surface area contributed by atoms with E-state index in [1.807, 2.05) is 12.1 Å². The Morgan fingerprint density at radius 2 is 1.74 bits per heavy atom. The highest BCUT2D eigenvalue weighted by Gasteiger charge is 2.14. The molecule has 154 valence electrons. The van der Waals surface area contributed by atoms with Crippen molar-refractivity contribution in [2.24, 2.45) is 4.99 Å². The normalized spacial score (nSPS) is 13.0. The van der Waals surface area contributed by atoms with Crippen LogP contribution in [0.15, 0.2) is 29.3 Å². The van der Waals surface area contributed by atoms with Crippen LogP contribution in [-0.2, 0) is 9.47 Å². The largest absolute Gasteiger partial charge is 0.379 e. The molecule has 0 aliphatic rings. The topological polar surface area (TPSA) is 58.1 Å². The van der Waals surface area contributed by atoms with Crippen LogP contribution in [0.5, 0.6) is 0 Å². The van der Waals surface area contributed by atoms with Gasteiger partial charge in [-0.2, -0.15) is 0 Å². The second-order valence-electron chi connectivity index (χ2n) is 6.49. The molecule has 1 aromatic rings. The van der Waals surface area contributed by atoms with Crippen LogP contribution in [0.2, 0.25) is 5.02 Å². The van der Waals surface area contributed by atoms with Crippen molar-refractivity contribution in [2.75, 3.05) is 60.7 Å². The lowest BCUT2D eigenvalue weighted by molar-refractivity contribution is 0.0487. The Bertz CT molecular complexity index is 523. The van der Waals surface area contributed by atoms with Gasteiger partial charge in [-0.25, -0.2) is 0 Å². The van der Waals surface area contributed by atoms with Crippen LogP contribution >= 0.6 is 11.6 Å². The summed E-state index contributed by atoms with van der Waals surface area (Å²) in [5.74, 6) is 0.763. The molecule has 2 N–H and O–H groups in total. The van der Waals surface area contributed by atoms with E-state index >= 15 is 0 Å².